The maximum atomic E-state index is 14.3. The first-order chi connectivity index (χ1) is 17.0. The Bertz CT molecular complexity index is 1320. The van der Waals surface area contributed by atoms with Crippen molar-refractivity contribution < 1.29 is 53.9 Å². The molecule has 3 aliphatic rings. The van der Waals surface area contributed by atoms with Crippen LogP contribution in [-0.4, -0.2) is 76.3 Å². The third kappa shape index (κ3) is 3.11. The van der Waals surface area contributed by atoms with E-state index in [1.807, 2.05) is 0 Å². The molecular formula is C22H14F9N3O3. The Morgan fingerprint density at radius 3 is 2.11 bits per heavy atom. The van der Waals surface area contributed by atoms with Gasteiger partial charge in [0.1, 0.15) is 6.04 Å². The number of imide groups is 1. The number of likely N-dealkylation sites (tertiary alicyclic amines) is 1. The monoisotopic (exact) mass is 539 g/mol. The molecule has 2 aromatic rings. The van der Waals surface area contributed by atoms with Gasteiger partial charge in [0, 0.05) is 11.9 Å². The molecule has 37 heavy (non-hydrogen) atoms. The molecule has 0 aliphatic carbocycles. The van der Waals surface area contributed by atoms with E-state index < -0.39 is 66.5 Å². The van der Waals surface area contributed by atoms with Crippen LogP contribution in [0.4, 0.5) is 50.0 Å². The van der Waals surface area contributed by atoms with Crippen LogP contribution in [-0.2, 0) is 9.59 Å². The lowest BCUT2D eigenvalue weighted by molar-refractivity contribution is -0.389. The lowest BCUT2D eigenvalue weighted by Crippen LogP contribution is -2.67. The van der Waals surface area contributed by atoms with E-state index in [1.54, 1.807) is 30.3 Å². The lowest BCUT2D eigenvalue weighted by atomic mass is 10.0. The van der Waals surface area contributed by atoms with Crippen molar-refractivity contribution >= 4 is 34.3 Å². The smallest absolute Gasteiger partial charge is 0.330 e. The fraction of sp³-hybridized carbons (Fsp3) is 0.409. The van der Waals surface area contributed by atoms with Crippen LogP contribution in [0.15, 0.2) is 42.5 Å². The second-order valence-corrected chi connectivity index (χ2v) is 8.94. The van der Waals surface area contributed by atoms with E-state index in [0.717, 1.165) is 9.80 Å². The number of amides is 4. The van der Waals surface area contributed by atoms with Gasteiger partial charge in [0.15, 0.2) is 0 Å². The summed E-state index contributed by atoms with van der Waals surface area (Å²) >= 11 is 0. The molecule has 2 aromatic carbocycles. The number of hydrogen-bond acceptors (Lipinski definition) is 3. The van der Waals surface area contributed by atoms with Crippen molar-refractivity contribution in [2.24, 2.45) is 0 Å². The van der Waals surface area contributed by atoms with Crippen LogP contribution >= 0.6 is 0 Å². The van der Waals surface area contributed by atoms with Crippen molar-refractivity contribution in [3.63, 3.8) is 0 Å². The fourth-order valence-electron chi connectivity index (χ4n) is 5.21. The molecule has 2 bridgehead atoms. The zero-order valence-electron chi connectivity index (χ0n) is 18.2. The first kappa shape index (κ1) is 25.1. The number of anilines is 1. The summed E-state index contributed by atoms with van der Waals surface area (Å²) in [7, 11) is 0. The Hall–Kier alpha value is -3.52. The maximum Gasteiger partial charge on any atom is 0.460 e. The van der Waals surface area contributed by atoms with Crippen LogP contribution < -0.4 is 4.90 Å². The van der Waals surface area contributed by atoms with Gasteiger partial charge < -0.3 is 9.80 Å². The number of nitrogens with zero attached hydrogens (tertiary/aromatic N) is 3. The summed E-state index contributed by atoms with van der Waals surface area (Å²) in [5, 5.41) is 1.11. The summed E-state index contributed by atoms with van der Waals surface area (Å²) in [6.07, 6.45) is -7.40. The first-order valence-electron chi connectivity index (χ1n) is 10.7. The minimum absolute atomic E-state index is 0.00994. The van der Waals surface area contributed by atoms with Crippen molar-refractivity contribution in [3.05, 3.63) is 42.5 Å². The van der Waals surface area contributed by atoms with E-state index >= 15 is 0 Å². The molecule has 2 unspecified atom stereocenters. The molecule has 0 N–H and O–H groups in total. The van der Waals surface area contributed by atoms with Crippen LogP contribution in [0, 0.1) is 0 Å². The van der Waals surface area contributed by atoms with Crippen molar-refractivity contribution in [2.75, 3.05) is 11.4 Å². The van der Waals surface area contributed by atoms with E-state index in [0.29, 0.717) is 10.8 Å². The number of fused-ring (bicyclic) bond motifs is 6. The van der Waals surface area contributed by atoms with Gasteiger partial charge in [-0.05, 0) is 17.9 Å². The first-order valence-corrected chi connectivity index (χ1v) is 10.7. The molecule has 0 radical (unpaired) electrons. The summed E-state index contributed by atoms with van der Waals surface area (Å²) in [5.74, 6) is -24.8. The average molecular weight is 539 g/mol. The van der Waals surface area contributed by atoms with Gasteiger partial charge in [0.2, 0.25) is 0 Å². The van der Waals surface area contributed by atoms with Crippen LogP contribution in [0.1, 0.15) is 6.42 Å². The van der Waals surface area contributed by atoms with E-state index in [9.17, 15) is 53.9 Å². The minimum atomic E-state index is -7.23. The topological polar surface area (TPSA) is 60.9 Å². The summed E-state index contributed by atoms with van der Waals surface area (Å²) < 4.78 is 120. The minimum Gasteiger partial charge on any atom is -0.330 e. The number of carbonyl (C=O) groups is 3. The van der Waals surface area contributed by atoms with Crippen molar-refractivity contribution in [3.8, 4) is 0 Å². The zero-order valence-corrected chi connectivity index (χ0v) is 18.2. The third-order valence-corrected chi connectivity index (χ3v) is 6.95. The Labute approximate surface area is 201 Å². The molecular weight excluding hydrogens is 525 g/mol. The van der Waals surface area contributed by atoms with Crippen LogP contribution in [0.25, 0.3) is 10.8 Å². The van der Waals surface area contributed by atoms with Crippen LogP contribution in [0.2, 0.25) is 0 Å². The highest BCUT2D eigenvalue weighted by molar-refractivity contribution is 6.25. The van der Waals surface area contributed by atoms with E-state index in [1.165, 1.54) is 12.1 Å². The van der Waals surface area contributed by atoms with Gasteiger partial charge in [-0.15, -0.1) is 0 Å². The van der Waals surface area contributed by atoms with Gasteiger partial charge in [-0.25, -0.2) is 9.69 Å². The predicted octanol–water partition coefficient (Wildman–Crippen LogP) is 4.43. The van der Waals surface area contributed by atoms with Gasteiger partial charge >= 0.3 is 30.0 Å². The van der Waals surface area contributed by atoms with Gasteiger partial charge in [0.05, 0.1) is 17.8 Å². The molecule has 4 amide bonds. The quantitative estimate of drug-likeness (QED) is 0.427. The molecule has 198 valence electrons. The Morgan fingerprint density at radius 1 is 0.838 bits per heavy atom. The summed E-state index contributed by atoms with van der Waals surface area (Å²) in [6, 6.07) is 6.03. The number of piperazine rings is 1. The highest BCUT2D eigenvalue weighted by Crippen LogP contribution is 2.54. The van der Waals surface area contributed by atoms with Crippen LogP contribution in [0.5, 0.6) is 0 Å². The molecule has 3 aliphatic heterocycles. The number of benzene rings is 2. The lowest BCUT2D eigenvalue weighted by Gasteiger charge is -2.39. The SMILES string of the molecule is O=C1[C@H]2C3CC(CN3C(=O)C(F)(F)C(F)(F)C(F)(F)C(F)(F)F)N2C(=O)N1c1cccc2ccccc12. The normalized spacial score (nSPS) is 24.5. The molecule has 3 saturated heterocycles. The molecule has 15 heteroatoms. The Balaban J connectivity index is 1.47. The summed E-state index contributed by atoms with van der Waals surface area (Å²) in [5.41, 5.74) is 0.126. The van der Waals surface area contributed by atoms with E-state index in [-0.39, 0.29) is 17.0 Å². The van der Waals surface area contributed by atoms with E-state index in [2.05, 4.69) is 0 Å². The molecule has 0 spiro atoms. The van der Waals surface area contributed by atoms with Crippen molar-refractivity contribution in [1.82, 2.24) is 9.80 Å². The molecule has 0 aromatic heterocycles. The summed E-state index contributed by atoms with van der Waals surface area (Å²) in [4.78, 5) is 40.5. The standard InChI is InChI=1S/C22H14F9N3O3/c23-19(24,20(25,26)21(27,28)22(29,30)31)17(36)32-9-11-8-14(32)15-16(35)34(18(37)33(11)15)13-7-3-5-10-4-1-2-6-12(10)13/h1-7,11,14-15H,8-9H2/t11?,14?,15-/m1/s1. The molecule has 6 nitrogen and oxygen atoms in total. The second-order valence-electron chi connectivity index (χ2n) is 8.94. The molecule has 3 heterocycles. The second kappa shape index (κ2) is 7.51. The predicted molar refractivity (Wildman–Crippen MR) is 107 cm³/mol. The van der Waals surface area contributed by atoms with Gasteiger partial charge in [-0.2, -0.15) is 39.5 Å². The van der Waals surface area contributed by atoms with Gasteiger partial charge in [0.25, 0.3) is 11.8 Å². The highest BCUT2D eigenvalue weighted by Gasteiger charge is 2.84. The van der Waals surface area contributed by atoms with E-state index in [4.69, 9.17) is 0 Å². The largest absolute Gasteiger partial charge is 0.460 e. The summed E-state index contributed by atoms with van der Waals surface area (Å²) in [6.45, 7) is -0.855. The number of hydrogen-bond donors (Lipinski definition) is 0. The highest BCUT2D eigenvalue weighted by atomic mass is 19.4. The fourth-order valence-corrected chi connectivity index (χ4v) is 5.21. The number of carbonyl (C=O) groups excluding carboxylic acids is 3. The van der Waals surface area contributed by atoms with Crippen molar-refractivity contribution in [1.29, 1.82) is 0 Å². The number of alkyl halides is 9. The third-order valence-electron chi connectivity index (χ3n) is 6.95. The average Bonchev–Trinajstić information content (AvgIpc) is 3.48. The van der Waals surface area contributed by atoms with Gasteiger partial charge in [-0.1, -0.05) is 36.4 Å². The molecule has 3 atom stereocenters. The van der Waals surface area contributed by atoms with Crippen LogP contribution in [0.3, 0.4) is 0 Å². The maximum absolute atomic E-state index is 14.3. The number of urea groups is 1. The Kier molecular flexibility index (Phi) is 5.10. The zero-order chi connectivity index (χ0) is 27.3. The number of halogens is 9. The molecule has 0 saturated carbocycles. The Morgan fingerprint density at radius 2 is 1.46 bits per heavy atom. The molecule has 5 rings (SSSR count). The van der Waals surface area contributed by atoms with Crippen molar-refractivity contribution in [2.45, 2.75) is 48.5 Å². The molecule has 3 fully saturated rings. The van der Waals surface area contributed by atoms with Gasteiger partial charge in [-0.3, -0.25) is 9.59 Å². The number of rotatable bonds is 4.